The van der Waals surface area contributed by atoms with E-state index in [0.717, 1.165) is 26.8 Å². The lowest BCUT2D eigenvalue weighted by molar-refractivity contribution is 0.354. The van der Waals surface area contributed by atoms with E-state index in [4.69, 9.17) is 9.47 Å². The molecular formula is C17H16BrN3O2. The van der Waals surface area contributed by atoms with Gasteiger partial charge in [-0.2, -0.15) is 0 Å². The van der Waals surface area contributed by atoms with Crippen LogP contribution in [-0.2, 0) is 6.54 Å². The number of anilines is 1. The predicted octanol–water partition coefficient (Wildman–Crippen LogP) is 4.02. The Kier molecular flexibility index (Phi) is 4.62. The summed E-state index contributed by atoms with van der Waals surface area (Å²) in [5, 5.41) is 4.33. The van der Waals surface area contributed by atoms with E-state index in [1.165, 1.54) is 0 Å². The first-order valence-electron chi connectivity index (χ1n) is 7.06. The number of ether oxygens (including phenoxy) is 2. The Bertz CT molecular complexity index is 839. The second-order valence-corrected chi connectivity index (χ2v) is 5.84. The zero-order valence-corrected chi connectivity index (χ0v) is 14.4. The van der Waals surface area contributed by atoms with Crippen molar-refractivity contribution in [2.45, 2.75) is 6.54 Å². The molecule has 0 amide bonds. The van der Waals surface area contributed by atoms with E-state index >= 15 is 0 Å². The first kappa shape index (κ1) is 15.6. The molecule has 1 N–H and O–H groups in total. The first-order chi connectivity index (χ1) is 11.2. The van der Waals surface area contributed by atoms with Gasteiger partial charge in [0.25, 0.3) is 0 Å². The standard InChI is InChI=1S/C17H16BrN3O2/c1-22-15-6-3-11(7-16(15)23-2)9-19-17-13-8-12(18)4-5-14(13)20-10-21-17/h3-8,10H,9H2,1-2H3,(H,19,20,21). The van der Waals surface area contributed by atoms with Gasteiger partial charge in [0.05, 0.1) is 19.7 Å². The van der Waals surface area contributed by atoms with E-state index in [9.17, 15) is 0 Å². The molecule has 0 atom stereocenters. The van der Waals surface area contributed by atoms with Crippen molar-refractivity contribution in [3.8, 4) is 11.5 Å². The monoisotopic (exact) mass is 373 g/mol. The number of hydrogen-bond acceptors (Lipinski definition) is 5. The van der Waals surface area contributed by atoms with E-state index in [1.54, 1.807) is 20.5 Å². The molecule has 118 valence electrons. The molecule has 3 aromatic rings. The van der Waals surface area contributed by atoms with Crippen LogP contribution in [0.4, 0.5) is 5.82 Å². The Morgan fingerprint density at radius 3 is 2.61 bits per heavy atom. The van der Waals surface area contributed by atoms with Crippen molar-refractivity contribution in [1.29, 1.82) is 0 Å². The number of aromatic nitrogens is 2. The molecule has 0 saturated carbocycles. The summed E-state index contributed by atoms with van der Waals surface area (Å²) in [6.07, 6.45) is 1.56. The maximum atomic E-state index is 5.33. The molecule has 23 heavy (non-hydrogen) atoms. The molecule has 0 radical (unpaired) electrons. The SMILES string of the molecule is COc1ccc(CNc2ncnc3ccc(Br)cc23)cc1OC. The van der Waals surface area contributed by atoms with Crippen LogP contribution in [0.3, 0.4) is 0 Å². The number of hydrogen-bond donors (Lipinski definition) is 1. The minimum Gasteiger partial charge on any atom is -0.493 e. The zero-order valence-electron chi connectivity index (χ0n) is 12.8. The molecule has 0 fully saturated rings. The second kappa shape index (κ2) is 6.83. The van der Waals surface area contributed by atoms with Gasteiger partial charge in [0, 0.05) is 16.4 Å². The quantitative estimate of drug-likeness (QED) is 0.731. The average molecular weight is 374 g/mol. The number of fused-ring (bicyclic) bond motifs is 1. The van der Waals surface area contributed by atoms with Crippen LogP contribution in [-0.4, -0.2) is 24.2 Å². The maximum absolute atomic E-state index is 5.33. The molecule has 0 aliphatic carbocycles. The smallest absolute Gasteiger partial charge is 0.161 e. The molecule has 3 rings (SSSR count). The van der Waals surface area contributed by atoms with Crippen LogP contribution in [0.15, 0.2) is 47.2 Å². The van der Waals surface area contributed by atoms with Gasteiger partial charge in [0.1, 0.15) is 12.1 Å². The van der Waals surface area contributed by atoms with Gasteiger partial charge in [0.2, 0.25) is 0 Å². The van der Waals surface area contributed by atoms with Gasteiger partial charge < -0.3 is 14.8 Å². The fourth-order valence-electron chi connectivity index (χ4n) is 2.35. The predicted molar refractivity (Wildman–Crippen MR) is 94.1 cm³/mol. The van der Waals surface area contributed by atoms with E-state index in [-0.39, 0.29) is 0 Å². The molecular weight excluding hydrogens is 358 g/mol. The summed E-state index contributed by atoms with van der Waals surface area (Å²) in [6, 6.07) is 11.8. The summed E-state index contributed by atoms with van der Waals surface area (Å²) in [7, 11) is 3.26. The van der Waals surface area contributed by atoms with Gasteiger partial charge in [-0.25, -0.2) is 9.97 Å². The van der Waals surface area contributed by atoms with Crippen molar-refractivity contribution >= 4 is 32.7 Å². The Morgan fingerprint density at radius 2 is 1.83 bits per heavy atom. The van der Waals surface area contributed by atoms with Crippen LogP contribution in [0.5, 0.6) is 11.5 Å². The summed E-state index contributed by atoms with van der Waals surface area (Å²) in [6.45, 7) is 0.624. The molecule has 5 nitrogen and oxygen atoms in total. The van der Waals surface area contributed by atoms with Gasteiger partial charge >= 0.3 is 0 Å². The molecule has 0 saturated heterocycles. The highest BCUT2D eigenvalue weighted by Crippen LogP contribution is 2.28. The minimum atomic E-state index is 0.624. The summed E-state index contributed by atoms with van der Waals surface area (Å²) in [5.74, 6) is 2.22. The van der Waals surface area contributed by atoms with Crippen LogP contribution in [0.1, 0.15) is 5.56 Å². The lowest BCUT2D eigenvalue weighted by Gasteiger charge is -2.11. The third-order valence-electron chi connectivity index (χ3n) is 3.51. The largest absolute Gasteiger partial charge is 0.493 e. The van der Waals surface area contributed by atoms with Gasteiger partial charge in [-0.1, -0.05) is 22.0 Å². The Morgan fingerprint density at radius 1 is 1.00 bits per heavy atom. The van der Waals surface area contributed by atoms with Crippen molar-refractivity contribution in [3.05, 3.63) is 52.8 Å². The zero-order chi connectivity index (χ0) is 16.2. The minimum absolute atomic E-state index is 0.624. The molecule has 2 aromatic carbocycles. The Hall–Kier alpha value is -2.34. The number of rotatable bonds is 5. The molecule has 6 heteroatoms. The molecule has 0 aliphatic rings. The fraction of sp³-hybridized carbons (Fsp3) is 0.176. The van der Waals surface area contributed by atoms with Crippen LogP contribution in [0, 0.1) is 0 Å². The highest BCUT2D eigenvalue weighted by molar-refractivity contribution is 9.10. The summed E-state index contributed by atoms with van der Waals surface area (Å²) in [5.41, 5.74) is 1.97. The Balaban J connectivity index is 1.85. The maximum Gasteiger partial charge on any atom is 0.161 e. The lowest BCUT2D eigenvalue weighted by Crippen LogP contribution is -2.03. The molecule has 0 bridgehead atoms. The van der Waals surface area contributed by atoms with Crippen molar-refractivity contribution in [3.63, 3.8) is 0 Å². The third kappa shape index (κ3) is 3.37. The van der Waals surface area contributed by atoms with E-state index in [0.29, 0.717) is 18.0 Å². The molecule has 1 aromatic heterocycles. The summed E-state index contributed by atoms with van der Waals surface area (Å²) < 4.78 is 11.6. The van der Waals surface area contributed by atoms with E-state index < -0.39 is 0 Å². The molecule has 0 aliphatic heterocycles. The molecule has 1 heterocycles. The molecule has 0 spiro atoms. The number of benzene rings is 2. The van der Waals surface area contributed by atoms with Crippen molar-refractivity contribution in [1.82, 2.24) is 9.97 Å². The topological polar surface area (TPSA) is 56.3 Å². The fourth-order valence-corrected chi connectivity index (χ4v) is 2.71. The Labute approximate surface area is 142 Å². The van der Waals surface area contributed by atoms with Crippen LogP contribution in [0.2, 0.25) is 0 Å². The van der Waals surface area contributed by atoms with Crippen molar-refractivity contribution in [2.24, 2.45) is 0 Å². The van der Waals surface area contributed by atoms with Crippen LogP contribution < -0.4 is 14.8 Å². The number of nitrogens with one attached hydrogen (secondary N) is 1. The van der Waals surface area contributed by atoms with E-state index in [2.05, 4.69) is 31.2 Å². The number of nitrogens with zero attached hydrogens (tertiary/aromatic N) is 2. The molecule has 0 unspecified atom stereocenters. The normalized spacial score (nSPS) is 10.6. The summed E-state index contributed by atoms with van der Waals surface area (Å²) >= 11 is 3.48. The average Bonchev–Trinajstić information content (AvgIpc) is 2.59. The van der Waals surface area contributed by atoms with E-state index in [1.807, 2.05) is 36.4 Å². The number of methoxy groups -OCH3 is 2. The highest BCUT2D eigenvalue weighted by Gasteiger charge is 2.07. The third-order valence-corrected chi connectivity index (χ3v) is 4.00. The second-order valence-electron chi connectivity index (χ2n) is 4.93. The number of halogens is 1. The highest BCUT2D eigenvalue weighted by atomic mass is 79.9. The van der Waals surface area contributed by atoms with Gasteiger partial charge in [-0.15, -0.1) is 0 Å². The first-order valence-corrected chi connectivity index (χ1v) is 7.85. The van der Waals surface area contributed by atoms with Crippen molar-refractivity contribution in [2.75, 3.05) is 19.5 Å². The van der Waals surface area contributed by atoms with Gasteiger partial charge in [-0.3, -0.25) is 0 Å². The summed E-state index contributed by atoms with van der Waals surface area (Å²) in [4.78, 5) is 8.62. The lowest BCUT2D eigenvalue weighted by atomic mass is 10.2. The van der Waals surface area contributed by atoms with Gasteiger partial charge in [0.15, 0.2) is 11.5 Å². The van der Waals surface area contributed by atoms with Gasteiger partial charge in [-0.05, 0) is 35.9 Å². The van der Waals surface area contributed by atoms with Crippen LogP contribution in [0.25, 0.3) is 10.9 Å². The van der Waals surface area contributed by atoms with Crippen LogP contribution >= 0.6 is 15.9 Å². The van der Waals surface area contributed by atoms with Crippen molar-refractivity contribution < 1.29 is 9.47 Å².